The quantitative estimate of drug-likeness (QED) is 0.535. The minimum atomic E-state index is -0.986. The molecule has 0 amide bonds. The lowest BCUT2D eigenvalue weighted by atomic mass is 10.2. The molecule has 2 rings (SSSR count). The molecule has 0 aliphatic rings. The van der Waals surface area contributed by atoms with E-state index in [9.17, 15) is 15.2 Å². The first kappa shape index (κ1) is 15.7. The van der Waals surface area contributed by atoms with Crippen LogP contribution in [0.25, 0.3) is 0 Å². The Morgan fingerprint density at radius 1 is 1.18 bits per heavy atom. The van der Waals surface area contributed by atoms with Gasteiger partial charge in [-0.3, -0.25) is 10.1 Å². The van der Waals surface area contributed by atoms with Gasteiger partial charge in [0.05, 0.1) is 23.7 Å². The molecule has 0 aliphatic heterocycles. The summed E-state index contributed by atoms with van der Waals surface area (Å²) in [5, 5.41) is 31.9. The normalized spacial score (nSPS) is 11.7. The highest BCUT2D eigenvalue weighted by Gasteiger charge is 2.16. The van der Waals surface area contributed by atoms with Gasteiger partial charge in [-0.05, 0) is 24.3 Å². The van der Waals surface area contributed by atoms with E-state index in [2.05, 4.69) is 5.32 Å². The fourth-order valence-corrected chi connectivity index (χ4v) is 1.79. The monoisotopic (exact) mass is 304 g/mol. The second kappa shape index (κ2) is 7.39. The average molecular weight is 304 g/mol. The van der Waals surface area contributed by atoms with Gasteiger partial charge in [0.1, 0.15) is 17.2 Å². The van der Waals surface area contributed by atoms with Gasteiger partial charge in [0.2, 0.25) is 0 Å². The molecule has 0 aromatic heterocycles. The van der Waals surface area contributed by atoms with E-state index in [0.29, 0.717) is 11.5 Å². The predicted molar refractivity (Wildman–Crippen MR) is 81.2 cm³/mol. The third-order valence-electron chi connectivity index (χ3n) is 2.88. The van der Waals surface area contributed by atoms with Crippen molar-refractivity contribution in [2.24, 2.45) is 0 Å². The number of nitrogens with zero attached hydrogens (tertiary/aromatic N) is 1. The Labute approximate surface area is 126 Å². The van der Waals surface area contributed by atoms with E-state index in [1.807, 2.05) is 6.07 Å². The number of anilines is 1. The first-order chi connectivity index (χ1) is 10.6. The standard InChI is InChI=1S/C15H16N2O5/c18-10-11(19)9-16-14-7-6-13(8-15(14)17(20)21)22-12-4-2-1-3-5-12/h1-8,11,16,18-19H,9-10H2. The fraction of sp³-hybridized carbons (Fsp3) is 0.200. The number of rotatable bonds is 7. The molecule has 0 bridgehead atoms. The highest BCUT2D eigenvalue weighted by Crippen LogP contribution is 2.31. The molecule has 0 fully saturated rings. The summed E-state index contributed by atoms with van der Waals surface area (Å²) in [6.45, 7) is -0.410. The van der Waals surface area contributed by atoms with Crippen LogP contribution in [0.5, 0.6) is 11.5 Å². The molecule has 7 nitrogen and oxygen atoms in total. The van der Waals surface area contributed by atoms with E-state index < -0.39 is 17.6 Å². The Kier molecular flexibility index (Phi) is 5.29. The SMILES string of the molecule is O=[N+]([O-])c1cc(Oc2ccccc2)ccc1NCC(O)CO. The van der Waals surface area contributed by atoms with Gasteiger partial charge in [0, 0.05) is 6.54 Å². The number of nitro benzene ring substituents is 1. The fourth-order valence-electron chi connectivity index (χ4n) is 1.79. The summed E-state index contributed by atoms with van der Waals surface area (Å²) in [4.78, 5) is 10.6. The van der Waals surface area contributed by atoms with Gasteiger partial charge in [0.15, 0.2) is 0 Å². The highest BCUT2D eigenvalue weighted by atomic mass is 16.6. The third-order valence-corrected chi connectivity index (χ3v) is 2.88. The van der Waals surface area contributed by atoms with E-state index in [1.165, 1.54) is 12.1 Å². The highest BCUT2D eigenvalue weighted by molar-refractivity contribution is 5.64. The van der Waals surface area contributed by atoms with Gasteiger partial charge >= 0.3 is 0 Å². The Morgan fingerprint density at radius 2 is 1.91 bits per heavy atom. The van der Waals surface area contributed by atoms with Crippen LogP contribution < -0.4 is 10.1 Å². The predicted octanol–water partition coefficient (Wildman–Crippen LogP) is 2.15. The lowest BCUT2D eigenvalue weighted by molar-refractivity contribution is -0.384. The van der Waals surface area contributed by atoms with Crippen LogP contribution in [-0.4, -0.2) is 34.4 Å². The Hall–Kier alpha value is -2.64. The number of aliphatic hydroxyl groups is 2. The molecule has 1 atom stereocenters. The molecule has 0 aliphatic carbocycles. The molecule has 22 heavy (non-hydrogen) atoms. The van der Waals surface area contributed by atoms with E-state index in [4.69, 9.17) is 9.84 Å². The van der Waals surface area contributed by atoms with Gasteiger partial charge in [-0.1, -0.05) is 18.2 Å². The summed E-state index contributed by atoms with van der Waals surface area (Å²) in [5.41, 5.74) is 0.0801. The van der Waals surface area contributed by atoms with Crippen molar-refractivity contribution in [3.63, 3.8) is 0 Å². The second-order valence-corrected chi connectivity index (χ2v) is 4.57. The van der Waals surface area contributed by atoms with Crippen molar-refractivity contribution in [2.75, 3.05) is 18.5 Å². The molecular weight excluding hydrogens is 288 g/mol. The molecular formula is C15H16N2O5. The zero-order chi connectivity index (χ0) is 15.9. The molecule has 0 radical (unpaired) electrons. The van der Waals surface area contributed by atoms with Crippen molar-refractivity contribution in [1.29, 1.82) is 0 Å². The number of ether oxygens (including phenoxy) is 1. The van der Waals surface area contributed by atoms with E-state index in [0.717, 1.165) is 0 Å². The molecule has 116 valence electrons. The Morgan fingerprint density at radius 3 is 2.55 bits per heavy atom. The van der Waals surface area contributed by atoms with Crippen LogP contribution in [0, 0.1) is 10.1 Å². The lowest BCUT2D eigenvalue weighted by Crippen LogP contribution is -2.23. The Bertz CT molecular complexity index is 633. The maximum Gasteiger partial charge on any atom is 0.296 e. The van der Waals surface area contributed by atoms with Crippen LogP contribution in [0.15, 0.2) is 48.5 Å². The maximum absolute atomic E-state index is 11.1. The number of aliphatic hydroxyl groups excluding tert-OH is 2. The maximum atomic E-state index is 11.1. The smallest absolute Gasteiger partial charge is 0.296 e. The van der Waals surface area contributed by atoms with Gasteiger partial charge in [0.25, 0.3) is 5.69 Å². The second-order valence-electron chi connectivity index (χ2n) is 4.57. The van der Waals surface area contributed by atoms with Gasteiger partial charge < -0.3 is 20.3 Å². The van der Waals surface area contributed by atoms with Crippen molar-refractivity contribution in [1.82, 2.24) is 0 Å². The molecule has 0 spiro atoms. The summed E-state index contributed by atoms with van der Waals surface area (Å²) >= 11 is 0. The topological polar surface area (TPSA) is 105 Å². The van der Waals surface area contributed by atoms with Gasteiger partial charge in [-0.15, -0.1) is 0 Å². The Balaban J connectivity index is 2.18. The first-order valence-electron chi connectivity index (χ1n) is 6.64. The summed E-state index contributed by atoms with van der Waals surface area (Å²) in [7, 11) is 0. The summed E-state index contributed by atoms with van der Waals surface area (Å²) in [5.74, 6) is 0.916. The van der Waals surface area contributed by atoms with Gasteiger partial charge in [-0.25, -0.2) is 0 Å². The number of nitrogens with one attached hydrogen (secondary N) is 1. The molecule has 2 aromatic rings. The zero-order valence-electron chi connectivity index (χ0n) is 11.7. The van der Waals surface area contributed by atoms with Crippen LogP contribution in [0.3, 0.4) is 0 Å². The minimum Gasteiger partial charge on any atom is -0.457 e. The van der Waals surface area contributed by atoms with Crippen LogP contribution in [0.2, 0.25) is 0 Å². The van der Waals surface area contributed by atoms with Crippen molar-refractivity contribution >= 4 is 11.4 Å². The van der Waals surface area contributed by atoms with Gasteiger partial charge in [-0.2, -0.15) is 0 Å². The van der Waals surface area contributed by atoms with Crippen molar-refractivity contribution in [3.05, 3.63) is 58.6 Å². The number of nitro groups is 1. The molecule has 0 heterocycles. The number of hydrogen-bond acceptors (Lipinski definition) is 6. The van der Waals surface area contributed by atoms with Crippen molar-refractivity contribution in [2.45, 2.75) is 6.10 Å². The van der Waals surface area contributed by atoms with E-state index >= 15 is 0 Å². The molecule has 0 saturated heterocycles. The summed E-state index contributed by atoms with van der Waals surface area (Å²) < 4.78 is 5.55. The first-order valence-corrected chi connectivity index (χ1v) is 6.64. The molecule has 1 unspecified atom stereocenters. The van der Waals surface area contributed by atoms with E-state index in [-0.39, 0.29) is 17.9 Å². The lowest BCUT2D eigenvalue weighted by Gasteiger charge is -2.11. The van der Waals surface area contributed by atoms with Crippen molar-refractivity contribution < 1.29 is 19.9 Å². The van der Waals surface area contributed by atoms with Crippen LogP contribution in [0.1, 0.15) is 0 Å². The minimum absolute atomic E-state index is 0.0101. The molecule has 0 saturated carbocycles. The van der Waals surface area contributed by atoms with Crippen LogP contribution in [0.4, 0.5) is 11.4 Å². The van der Waals surface area contributed by atoms with Crippen molar-refractivity contribution in [3.8, 4) is 11.5 Å². The summed E-state index contributed by atoms with van der Waals surface area (Å²) in [6.07, 6.45) is -0.986. The van der Waals surface area contributed by atoms with Crippen LogP contribution >= 0.6 is 0 Å². The number of benzene rings is 2. The average Bonchev–Trinajstić information content (AvgIpc) is 2.54. The summed E-state index contributed by atoms with van der Waals surface area (Å²) in [6, 6.07) is 13.3. The number of hydrogen-bond donors (Lipinski definition) is 3. The van der Waals surface area contributed by atoms with E-state index in [1.54, 1.807) is 30.3 Å². The van der Waals surface area contributed by atoms with Crippen LogP contribution in [-0.2, 0) is 0 Å². The molecule has 3 N–H and O–H groups in total. The zero-order valence-corrected chi connectivity index (χ0v) is 11.7. The number of para-hydroxylation sites is 1. The molecule has 7 heteroatoms. The molecule has 2 aromatic carbocycles. The largest absolute Gasteiger partial charge is 0.457 e. The third kappa shape index (κ3) is 4.18.